The number of tetrazole rings is 1. The minimum absolute atomic E-state index is 0.207. The molecule has 190 valence electrons. The second-order valence-electron chi connectivity index (χ2n) is 9.68. The van der Waals surface area contributed by atoms with Gasteiger partial charge in [0.1, 0.15) is 17.8 Å². The largest absolute Gasteiger partial charge is 0.353 e. The monoisotopic (exact) mass is 500 g/mol. The van der Waals surface area contributed by atoms with Gasteiger partial charge in [0.05, 0.1) is 23.3 Å². The highest BCUT2D eigenvalue weighted by atomic mass is 16.1. The summed E-state index contributed by atoms with van der Waals surface area (Å²) in [6.45, 7) is 8.27. The second-order valence-corrected chi connectivity index (χ2v) is 9.68. The zero-order valence-electron chi connectivity index (χ0n) is 21.1. The third-order valence-corrected chi connectivity index (χ3v) is 6.93. The van der Waals surface area contributed by atoms with Gasteiger partial charge in [-0.2, -0.15) is 5.10 Å². The average Bonchev–Trinajstić information content (AvgIpc) is 3.53. The molecule has 6 rings (SSSR count). The number of benzene rings is 1. The Balaban J connectivity index is 1.28. The van der Waals surface area contributed by atoms with Gasteiger partial charge in [0, 0.05) is 55.1 Å². The molecule has 3 aromatic heterocycles. The molecule has 0 radical (unpaired) electrons. The van der Waals surface area contributed by atoms with E-state index in [4.69, 9.17) is 0 Å². The van der Waals surface area contributed by atoms with Crippen LogP contribution in [-0.4, -0.2) is 78.5 Å². The number of anilines is 3. The summed E-state index contributed by atoms with van der Waals surface area (Å²) >= 11 is 0. The van der Waals surface area contributed by atoms with Gasteiger partial charge >= 0.3 is 0 Å². The van der Waals surface area contributed by atoms with Crippen molar-refractivity contribution in [2.45, 2.75) is 39.4 Å². The molecule has 1 aromatic carbocycles. The smallest absolute Gasteiger partial charge is 0.255 e. The van der Waals surface area contributed by atoms with Crippen LogP contribution in [0, 0.1) is 0 Å². The van der Waals surface area contributed by atoms with E-state index in [1.807, 2.05) is 43.1 Å². The number of amides is 1. The molecule has 0 saturated carbocycles. The number of nitrogens with one attached hydrogen (secondary N) is 3. The maximum Gasteiger partial charge on any atom is 0.255 e. The number of aromatic amines is 1. The molecule has 37 heavy (non-hydrogen) atoms. The third kappa shape index (κ3) is 4.16. The molecular weight excluding hydrogens is 472 g/mol. The van der Waals surface area contributed by atoms with Crippen molar-refractivity contribution >= 4 is 34.3 Å². The van der Waals surface area contributed by atoms with Crippen LogP contribution in [0.2, 0.25) is 0 Å². The molecule has 1 amide bonds. The number of carbonyl (C=O) groups is 1. The third-order valence-electron chi connectivity index (χ3n) is 6.93. The average molecular weight is 501 g/mol. The lowest BCUT2D eigenvalue weighted by Gasteiger charge is -2.36. The summed E-state index contributed by atoms with van der Waals surface area (Å²) in [5, 5.41) is 26.7. The second kappa shape index (κ2) is 8.92. The molecule has 2 aliphatic rings. The Labute approximate surface area is 213 Å². The number of aromatic nitrogens is 8. The van der Waals surface area contributed by atoms with E-state index in [1.54, 1.807) is 11.0 Å². The van der Waals surface area contributed by atoms with Gasteiger partial charge in [-0.1, -0.05) is 5.10 Å². The summed E-state index contributed by atoms with van der Waals surface area (Å²) in [6, 6.07) is 8.37. The fraction of sp³-hybridized carbons (Fsp3) is 0.375. The number of hydrogen-bond donors (Lipinski definition) is 3. The minimum atomic E-state index is -0.207. The van der Waals surface area contributed by atoms with Crippen LogP contribution in [0.1, 0.15) is 20.8 Å². The number of rotatable bonds is 4. The molecule has 0 aliphatic carbocycles. The van der Waals surface area contributed by atoms with Gasteiger partial charge < -0.3 is 20.4 Å². The molecule has 3 N–H and O–H groups in total. The molecule has 13 nitrogen and oxygen atoms in total. The first-order chi connectivity index (χ1) is 17.9. The van der Waals surface area contributed by atoms with Gasteiger partial charge in [-0.3, -0.25) is 9.89 Å². The van der Waals surface area contributed by atoms with Crippen molar-refractivity contribution in [2.24, 2.45) is 0 Å². The van der Waals surface area contributed by atoms with Crippen molar-refractivity contribution in [1.82, 2.24) is 45.7 Å². The SMILES string of the molecule is CC1=C(C(=O)Nc2ccc3[nH]nc(-c4cc(N5C[C@@H](C)N[C@@H](C)C5)ncn4)c3c2)Cn2nnnc2N1C. The van der Waals surface area contributed by atoms with E-state index in [2.05, 4.69) is 65.1 Å². The maximum atomic E-state index is 13.2. The Bertz CT molecular complexity index is 1510. The molecule has 2 atom stereocenters. The van der Waals surface area contributed by atoms with Crippen LogP contribution >= 0.6 is 0 Å². The molecule has 2 aliphatic heterocycles. The number of allylic oxidation sites excluding steroid dienone is 1. The van der Waals surface area contributed by atoms with Gasteiger partial charge in [-0.05, 0) is 49.4 Å². The minimum Gasteiger partial charge on any atom is -0.353 e. The quantitative estimate of drug-likeness (QED) is 0.377. The first-order valence-electron chi connectivity index (χ1n) is 12.2. The Morgan fingerprint density at radius 3 is 2.76 bits per heavy atom. The number of piperazine rings is 1. The van der Waals surface area contributed by atoms with Crippen molar-refractivity contribution in [3.05, 3.63) is 41.9 Å². The highest BCUT2D eigenvalue weighted by Crippen LogP contribution is 2.30. The zero-order valence-corrected chi connectivity index (χ0v) is 21.1. The lowest BCUT2D eigenvalue weighted by Crippen LogP contribution is -2.54. The van der Waals surface area contributed by atoms with E-state index in [-0.39, 0.29) is 5.91 Å². The van der Waals surface area contributed by atoms with Crippen molar-refractivity contribution < 1.29 is 4.79 Å². The number of fused-ring (bicyclic) bond motifs is 2. The van der Waals surface area contributed by atoms with Gasteiger partial charge in [-0.25, -0.2) is 14.6 Å². The molecule has 0 spiro atoms. The number of nitrogens with zero attached hydrogens (tertiary/aromatic N) is 9. The molecule has 5 heterocycles. The molecular formula is C24H28N12O. The highest BCUT2D eigenvalue weighted by molar-refractivity contribution is 6.06. The molecule has 4 aromatic rings. The van der Waals surface area contributed by atoms with Crippen molar-refractivity contribution in [3.8, 4) is 11.4 Å². The van der Waals surface area contributed by atoms with Gasteiger partial charge in [0.25, 0.3) is 5.91 Å². The fourth-order valence-electron chi connectivity index (χ4n) is 5.05. The van der Waals surface area contributed by atoms with Gasteiger partial charge in [-0.15, -0.1) is 0 Å². The predicted octanol–water partition coefficient (Wildman–Crippen LogP) is 1.56. The van der Waals surface area contributed by atoms with Crippen LogP contribution in [0.5, 0.6) is 0 Å². The topological polar surface area (TPSA) is 146 Å². The normalized spacial score (nSPS) is 19.9. The summed E-state index contributed by atoms with van der Waals surface area (Å²) < 4.78 is 1.60. The van der Waals surface area contributed by atoms with E-state index < -0.39 is 0 Å². The van der Waals surface area contributed by atoms with Crippen molar-refractivity contribution in [3.63, 3.8) is 0 Å². The molecule has 1 fully saturated rings. The Morgan fingerprint density at radius 1 is 1.14 bits per heavy atom. The lowest BCUT2D eigenvalue weighted by atomic mass is 10.1. The van der Waals surface area contributed by atoms with Crippen LogP contribution in [0.25, 0.3) is 22.3 Å². The summed E-state index contributed by atoms with van der Waals surface area (Å²) in [5.41, 5.74) is 4.33. The van der Waals surface area contributed by atoms with Gasteiger partial charge in [0.15, 0.2) is 0 Å². The van der Waals surface area contributed by atoms with Crippen LogP contribution in [0.3, 0.4) is 0 Å². The molecule has 1 saturated heterocycles. The van der Waals surface area contributed by atoms with Crippen molar-refractivity contribution in [1.29, 1.82) is 0 Å². The Morgan fingerprint density at radius 2 is 1.95 bits per heavy atom. The number of hydrogen-bond acceptors (Lipinski definition) is 10. The van der Waals surface area contributed by atoms with E-state index in [1.165, 1.54) is 0 Å². The van der Waals surface area contributed by atoms with Gasteiger partial charge in [0.2, 0.25) is 5.95 Å². The van der Waals surface area contributed by atoms with Crippen LogP contribution < -0.4 is 20.4 Å². The van der Waals surface area contributed by atoms with Crippen LogP contribution in [0.4, 0.5) is 17.5 Å². The van der Waals surface area contributed by atoms with E-state index >= 15 is 0 Å². The highest BCUT2D eigenvalue weighted by Gasteiger charge is 2.27. The fourth-order valence-corrected chi connectivity index (χ4v) is 5.05. The van der Waals surface area contributed by atoms with E-state index in [9.17, 15) is 4.79 Å². The lowest BCUT2D eigenvalue weighted by molar-refractivity contribution is -0.113. The van der Waals surface area contributed by atoms with Crippen LogP contribution in [-0.2, 0) is 11.3 Å². The first-order valence-corrected chi connectivity index (χ1v) is 12.2. The Hall–Kier alpha value is -4.39. The zero-order chi connectivity index (χ0) is 25.7. The first kappa shape index (κ1) is 23.0. The summed E-state index contributed by atoms with van der Waals surface area (Å²) in [7, 11) is 1.84. The molecule has 0 bridgehead atoms. The Kier molecular flexibility index (Phi) is 5.56. The maximum absolute atomic E-state index is 13.2. The summed E-state index contributed by atoms with van der Waals surface area (Å²) in [6.07, 6.45) is 1.58. The molecule has 0 unspecified atom stereocenters. The molecule has 13 heteroatoms. The predicted molar refractivity (Wildman–Crippen MR) is 139 cm³/mol. The van der Waals surface area contributed by atoms with E-state index in [0.29, 0.717) is 41.5 Å². The van der Waals surface area contributed by atoms with Crippen molar-refractivity contribution in [2.75, 3.05) is 35.3 Å². The summed E-state index contributed by atoms with van der Waals surface area (Å²) in [5.74, 6) is 1.27. The summed E-state index contributed by atoms with van der Waals surface area (Å²) in [4.78, 5) is 26.3. The van der Waals surface area contributed by atoms with Crippen LogP contribution in [0.15, 0.2) is 41.9 Å². The number of carbonyl (C=O) groups excluding carboxylic acids is 1. The standard InChI is InChI=1S/C24H28N12O/c1-13-9-35(10-14(2)27-13)21-8-20(25-12-26-21)22-17-7-16(5-6-19(17)29-30-22)28-23(37)18-11-36-24(31-32-33-36)34(4)15(18)3/h5-8,12-14,27H,9-11H2,1-4H3,(H,28,37)(H,29,30)/t13-,14+. The number of H-pyrrole nitrogens is 1. The van der Waals surface area contributed by atoms with E-state index in [0.717, 1.165) is 41.2 Å².